The fraction of sp³-hybridized carbons (Fsp3) is 0.143. The largest absolute Gasteiger partial charge is 0.545 e. The highest BCUT2D eigenvalue weighted by Gasteiger charge is 2.09. The van der Waals surface area contributed by atoms with E-state index in [1.165, 1.54) is 23.8 Å². The zero-order valence-electron chi connectivity index (χ0n) is 15.3. The molecule has 0 spiro atoms. The van der Waals surface area contributed by atoms with Crippen molar-refractivity contribution in [2.75, 3.05) is 7.11 Å². The number of nitrogens with zero attached hydrogens (tertiary/aromatic N) is 2. The Kier molecular flexibility index (Phi) is 5.35. The van der Waals surface area contributed by atoms with Crippen molar-refractivity contribution in [1.29, 1.82) is 0 Å². The Morgan fingerprint density at radius 1 is 1.11 bits per heavy atom. The van der Waals surface area contributed by atoms with Crippen molar-refractivity contribution in [1.82, 2.24) is 9.55 Å². The third-order valence-corrected chi connectivity index (χ3v) is 4.29. The summed E-state index contributed by atoms with van der Waals surface area (Å²) in [5, 5.41) is 11.1. The lowest BCUT2D eigenvalue weighted by Gasteiger charge is -2.10. The van der Waals surface area contributed by atoms with E-state index in [2.05, 4.69) is 9.72 Å². The molecule has 0 N–H and O–H groups in total. The molecule has 7 nitrogen and oxygen atoms in total. The van der Waals surface area contributed by atoms with Gasteiger partial charge >= 0.3 is 5.97 Å². The van der Waals surface area contributed by atoms with E-state index in [1.54, 1.807) is 42.5 Å². The van der Waals surface area contributed by atoms with E-state index in [-0.39, 0.29) is 16.8 Å². The molecule has 28 heavy (non-hydrogen) atoms. The summed E-state index contributed by atoms with van der Waals surface area (Å²) >= 11 is 0. The van der Waals surface area contributed by atoms with Crippen LogP contribution in [0.2, 0.25) is 0 Å². The Labute approximate surface area is 160 Å². The molecule has 3 aromatic rings. The van der Waals surface area contributed by atoms with E-state index in [0.29, 0.717) is 23.1 Å². The Balaban J connectivity index is 2.03. The normalized spacial score (nSPS) is 11.1. The van der Waals surface area contributed by atoms with E-state index in [0.717, 1.165) is 5.56 Å². The van der Waals surface area contributed by atoms with E-state index in [4.69, 9.17) is 0 Å². The SMILES string of the molecule is CCn1c(=O)c(/C=C/c2ccc(C(=O)OC)cc2)nc2cc(C(=O)[O-])ccc21. The van der Waals surface area contributed by atoms with Crippen LogP contribution in [0.5, 0.6) is 0 Å². The molecule has 1 heterocycles. The molecule has 0 radical (unpaired) electrons. The predicted octanol–water partition coefficient (Wildman–Crippen LogP) is 1.74. The summed E-state index contributed by atoms with van der Waals surface area (Å²) in [5.41, 5.74) is 2.03. The zero-order valence-corrected chi connectivity index (χ0v) is 15.3. The first kappa shape index (κ1) is 19.0. The Bertz CT molecular complexity index is 1140. The summed E-state index contributed by atoms with van der Waals surface area (Å²) in [5.74, 6) is -1.73. The smallest absolute Gasteiger partial charge is 0.337 e. The van der Waals surface area contributed by atoms with E-state index in [9.17, 15) is 19.5 Å². The van der Waals surface area contributed by atoms with Crippen LogP contribution < -0.4 is 10.7 Å². The fourth-order valence-corrected chi connectivity index (χ4v) is 2.84. The molecule has 0 unspecified atom stereocenters. The number of ether oxygens (including phenoxy) is 1. The van der Waals surface area contributed by atoms with E-state index in [1.807, 2.05) is 6.92 Å². The molecule has 7 heteroatoms. The zero-order chi connectivity index (χ0) is 20.3. The minimum Gasteiger partial charge on any atom is -0.545 e. The third kappa shape index (κ3) is 3.68. The van der Waals surface area contributed by atoms with Gasteiger partial charge in [-0.05, 0) is 48.4 Å². The average molecular weight is 377 g/mol. The highest BCUT2D eigenvalue weighted by atomic mass is 16.5. The van der Waals surface area contributed by atoms with Crippen LogP contribution in [0.25, 0.3) is 23.2 Å². The van der Waals surface area contributed by atoms with Crippen LogP contribution in [0.3, 0.4) is 0 Å². The van der Waals surface area contributed by atoms with Gasteiger partial charge in [0.2, 0.25) is 0 Å². The molecule has 142 valence electrons. The number of benzene rings is 2. The topological polar surface area (TPSA) is 101 Å². The molecular weight excluding hydrogens is 360 g/mol. The monoisotopic (exact) mass is 377 g/mol. The second-order valence-electron chi connectivity index (χ2n) is 5.98. The summed E-state index contributed by atoms with van der Waals surface area (Å²) in [4.78, 5) is 39.6. The number of aromatic nitrogens is 2. The van der Waals surface area contributed by atoms with Gasteiger partial charge in [-0.3, -0.25) is 4.79 Å². The second-order valence-corrected chi connectivity index (χ2v) is 5.98. The summed E-state index contributed by atoms with van der Waals surface area (Å²) in [6.07, 6.45) is 3.26. The number of hydrogen-bond acceptors (Lipinski definition) is 6. The first-order chi connectivity index (χ1) is 13.4. The molecule has 0 saturated carbocycles. The molecule has 3 rings (SSSR count). The van der Waals surface area contributed by atoms with Gasteiger partial charge in [0.25, 0.3) is 5.56 Å². The van der Waals surface area contributed by atoms with Crippen LogP contribution in [0, 0.1) is 0 Å². The van der Waals surface area contributed by atoms with Gasteiger partial charge in [-0.2, -0.15) is 0 Å². The van der Waals surface area contributed by atoms with Crippen molar-refractivity contribution in [3.05, 3.63) is 75.2 Å². The van der Waals surface area contributed by atoms with E-state index >= 15 is 0 Å². The minimum absolute atomic E-state index is 0.00497. The van der Waals surface area contributed by atoms with Crippen molar-refractivity contribution >= 4 is 35.1 Å². The number of carboxylic acid groups (broad SMARTS) is 1. The summed E-state index contributed by atoms with van der Waals surface area (Å²) in [7, 11) is 1.31. The molecule has 0 atom stereocenters. The van der Waals surface area contributed by atoms with Gasteiger partial charge in [0.05, 0.1) is 29.7 Å². The number of carbonyl (C=O) groups excluding carboxylic acids is 2. The van der Waals surface area contributed by atoms with Crippen molar-refractivity contribution in [2.24, 2.45) is 0 Å². The van der Waals surface area contributed by atoms with Gasteiger partial charge in [-0.1, -0.05) is 24.3 Å². The molecule has 0 aliphatic rings. The van der Waals surface area contributed by atoms with Crippen LogP contribution in [-0.4, -0.2) is 28.6 Å². The number of carboxylic acids is 1. The Morgan fingerprint density at radius 3 is 2.39 bits per heavy atom. The fourth-order valence-electron chi connectivity index (χ4n) is 2.84. The molecule has 0 saturated heterocycles. The molecule has 0 fully saturated rings. The highest BCUT2D eigenvalue weighted by Crippen LogP contribution is 2.15. The lowest BCUT2D eigenvalue weighted by molar-refractivity contribution is -0.255. The van der Waals surface area contributed by atoms with Crippen LogP contribution in [0.1, 0.15) is 38.9 Å². The number of aromatic carboxylic acids is 1. The molecule has 0 aliphatic heterocycles. The lowest BCUT2D eigenvalue weighted by atomic mass is 10.1. The maximum absolute atomic E-state index is 12.7. The number of esters is 1. The number of rotatable bonds is 5. The molecular formula is C21H17N2O5-. The maximum Gasteiger partial charge on any atom is 0.337 e. The molecule has 0 aliphatic carbocycles. The highest BCUT2D eigenvalue weighted by molar-refractivity contribution is 5.91. The minimum atomic E-state index is -1.30. The lowest BCUT2D eigenvalue weighted by Crippen LogP contribution is -2.25. The van der Waals surface area contributed by atoms with Gasteiger partial charge < -0.3 is 19.2 Å². The number of hydrogen-bond donors (Lipinski definition) is 0. The standard InChI is InChI=1S/C21H18N2O5/c1-3-23-18-11-9-15(20(25)26)12-17(18)22-16(19(23)24)10-6-13-4-7-14(8-5-13)21(27)28-2/h4-12H,3H2,1-2H3,(H,25,26)/p-1/b10-6+. The predicted molar refractivity (Wildman–Crippen MR) is 103 cm³/mol. The first-order valence-corrected chi connectivity index (χ1v) is 8.57. The molecule has 2 aromatic carbocycles. The van der Waals surface area contributed by atoms with Crippen molar-refractivity contribution < 1.29 is 19.4 Å². The number of fused-ring (bicyclic) bond motifs is 1. The average Bonchev–Trinajstić information content (AvgIpc) is 2.71. The van der Waals surface area contributed by atoms with Crippen molar-refractivity contribution in [3.63, 3.8) is 0 Å². The van der Waals surface area contributed by atoms with Gasteiger partial charge in [0.15, 0.2) is 0 Å². The van der Waals surface area contributed by atoms with E-state index < -0.39 is 11.9 Å². The molecule has 0 bridgehead atoms. The van der Waals surface area contributed by atoms with Gasteiger partial charge in [-0.25, -0.2) is 9.78 Å². The Hall–Kier alpha value is -3.74. The maximum atomic E-state index is 12.7. The van der Waals surface area contributed by atoms with Crippen LogP contribution in [0.15, 0.2) is 47.3 Å². The van der Waals surface area contributed by atoms with Gasteiger partial charge in [0, 0.05) is 6.54 Å². The summed E-state index contributed by atoms with van der Waals surface area (Å²) < 4.78 is 6.19. The Morgan fingerprint density at radius 2 is 1.79 bits per heavy atom. The second kappa shape index (κ2) is 7.87. The van der Waals surface area contributed by atoms with Crippen LogP contribution >= 0.6 is 0 Å². The van der Waals surface area contributed by atoms with Gasteiger partial charge in [0.1, 0.15) is 5.69 Å². The first-order valence-electron chi connectivity index (χ1n) is 8.57. The summed E-state index contributed by atoms with van der Waals surface area (Å²) in [6, 6.07) is 11.0. The van der Waals surface area contributed by atoms with Crippen LogP contribution in [0.4, 0.5) is 0 Å². The third-order valence-electron chi connectivity index (χ3n) is 4.29. The summed E-state index contributed by atoms with van der Waals surface area (Å²) in [6.45, 7) is 2.24. The number of methoxy groups -OCH3 is 1. The van der Waals surface area contributed by atoms with Gasteiger partial charge in [-0.15, -0.1) is 0 Å². The van der Waals surface area contributed by atoms with Crippen molar-refractivity contribution in [2.45, 2.75) is 13.5 Å². The van der Waals surface area contributed by atoms with Crippen molar-refractivity contribution in [3.8, 4) is 0 Å². The molecule has 1 aromatic heterocycles. The quantitative estimate of drug-likeness (QED) is 0.628. The van der Waals surface area contributed by atoms with Crippen LogP contribution in [-0.2, 0) is 11.3 Å². The number of carbonyl (C=O) groups is 2. The molecule has 0 amide bonds. The number of aryl methyl sites for hydroxylation is 1.